The molecule has 21 heavy (non-hydrogen) atoms. The van der Waals surface area contributed by atoms with Crippen LogP contribution in [0, 0.1) is 11.8 Å². The molecule has 2 atom stereocenters. The number of nitrogens with zero attached hydrogens (tertiary/aromatic N) is 1. The van der Waals surface area contributed by atoms with Crippen molar-refractivity contribution in [2.75, 3.05) is 24.5 Å². The summed E-state index contributed by atoms with van der Waals surface area (Å²) in [6.07, 6.45) is -4.33. The van der Waals surface area contributed by atoms with E-state index in [1.807, 2.05) is 18.7 Å². The number of fused-ring (bicyclic) bond motifs is 1. The summed E-state index contributed by atoms with van der Waals surface area (Å²) in [7, 11) is 0. The zero-order valence-corrected chi connectivity index (χ0v) is 13.6. The predicted octanol–water partition coefficient (Wildman–Crippen LogP) is 3.90. The second kappa shape index (κ2) is 4.88. The Hall–Kier alpha value is -0.750. The van der Waals surface area contributed by atoms with E-state index < -0.39 is 11.7 Å². The van der Waals surface area contributed by atoms with Crippen LogP contribution in [-0.4, -0.2) is 25.2 Å². The van der Waals surface area contributed by atoms with Gasteiger partial charge >= 0.3 is 6.18 Å². The van der Waals surface area contributed by atoms with Gasteiger partial charge in [-0.25, -0.2) is 0 Å². The van der Waals surface area contributed by atoms with Gasteiger partial charge in [0.25, 0.3) is 0 Å². The van der Waals surface area contributed by atoms with E-state index >= 15 is 0 Å². The zero-order chi connectivity index (χ0) is 15.4. The van der Waals surface area contributed by atoms with Crippen molar-refractivity contribution in [2.45, 2.75) is 25.6 Å². The molecule has 2 fully saturated rings. The molecule has 0 saturated carbocycles. The summed E-state index contributed by atoms with van der Waals surface area (Å²) in [6, 6.07) is 4.22. The number of hydrogen-bond donors (Lipinski definition) is 1. The summed E-state index contributed by atoms with van der Waals surface area (Å²) < 4.78 is 40.6. The minimum Gasteiger partial charge on any atom is -0.365 e. The highest BCUT2D eigenvalue weighted by atomic mass is 79.9. The molecule has 2 unspecified atom stereocenters. The Kier molecular flexibility index (Phi) is 3.52. The van der Waals surface area contributed by atoms with Crippen molar-refractivity contribution in [1.29, 1.82) is 0 Å². The standard InChI is InChI=1S/C15H18BrF3N2/c1-14(2)12-7-20-6-9(12)8-21(14)13-5-10(16)3-4-11(13)15(17,18)19/h3-5,9,12,20H,6-8H2,1-2H3. The number of halogens is 4. The van der Waals surface area contributed by atoms with Gasteiger partial charge in [-0.3, -0.25) is 0 Å². The van der Waals surface area contributed by atoms with Crippen LogP contribution in [-0.2, 0) is 6.18 Å². The molecule has 0 spiro atoms. The van der Waals surface area contributed by atoms with E-state index in [2.05, 4.69) is 21.2 Å². The van der Waals surface area contributed by atoms with Crippen LogP contribution in [0.1, 0.15) is 19.4 Å². The van der Waals surface area contributed by atoms with E-state index in [-0.39, 0.29) is 11.2 Å². The normalized spacial score (nSPS) is 28.0. The average Bonchev–Trinajstić information content (AvgIpc) is 2.90. The maximum Gasteiger partial charge on any atom is 0.418 e. The van der Waals surface area contributed by atoms with Gasteiger partial charge in [0.05, 0.1) is 11.3 Å². The summed E-state index contributed by atoms with van der Waals surface area (Å²) in [5.41, 5.74) is -0.544. The molecule has 2 nitrogen and oxygen atoms in total. The first-order valence-corrected chi connectivity index (χ1v) is 7.85. The lowest BCUT2D eigenvalue weighted by molar-refractivity contribution is -0.137. The summed E-state index contributed by atoms with van der Waals surface area (Å²) >= 11 is 3.30. The lowest BCUT2D eigenvalue weighted by atomic mass is 9.84. The van der Waals surface area contributed by atoms with E-state index in [1.165, 1.54) is 12.1 Å². The smallest absolute Gasteiger partial charge is 0.365 e. The van der Waals surface area contributed by atoms with Crippen LogP contribution in [0.15, 0.2) is 22.7 Å². The van der Waals surface area contributed by atoms with Crippen molar-refractivity contribution < 1.29 is 13.2 Å². The maximum absolute atomic E-state index is 13.3. The predicted molar refractivity (Wildman–Crippen MR) is 80.4 cm³/mol. The third-order valence-corrected chi connectivity index (χ3v) is 5.41. The third kappa shape index (κ3) is 2.46. The molecule has 6 heteroatoms. The van der Waals surface area contributed by atoms with Crippen LogP contribution in [0.4, 0.5) is 18.9 Å². The van der Waals surface area contributed by atoms with E-state index in [0.29, 0.717) is 22.9 Å². The summed E-state index contributed by atoms with van der Waals surface area (Å²) in [5.74, 6) is 0.803. The molecule has 0 amide bonds. The first-order valence-electron chi connectivity index (χ1n) is 7.06. The molecular weight excluding hydrogens is 345 g/mol. The van der Waals surface area contributed by atoms with Crippen molar-refractivity contribution in [1.82, 2.24) is 5.32 Å². The van der Waals surface area contributed by atoms with Gasteiger partial charge in [-0.1, -0.05) is 15.9 Å². The summed E-state index contributed by atoms with van der Waals surface area (Å²) in [5, 5.41) is 3.35. The van der Waals surface area contributed by atoms with Crippen molar-refractivity contribution in [3.05, 3.63) is 28.2 Å². The number of alkyl halides is 3. The maximum atomic E-state index is 13.3. The van der Waals surface area contributed by atoms with Crippen molar-refractivity contribution in [2.24, 2.45) is 11.8 Å². The number of anilines is 1. The Balaban J connectivity index is 2.06. The van der Waals surface area contributed by atoms with Crippen molar-refractivity contribution in [3.63, 3.8) is 0 Å². The molecule has 2 aliphatic rings. The Bertz CT molecular complexity index is 556. The highest BCUT2D eigenvalue weighted by Crippen LogP contribution is 2.47. The molecule has 0 aliphatic carbocycles. The molecule has 2 aliphatic heterocycles. The van der Waals surface area contributed by atoms with E-state index in [9.17, 15) is 13.2 Å². The fourth-order valence-electron chi connectivity index (χ4n) is 3.80. The Labute approximate surface area is 130 Å². The largest absolute Gasteiger partial charge is 0.418 e. The fourth-order valence-corrected chi connectivity index (χ4v) is 4.15. The molecule has 1 aromatic rings. The van der Waals surface area contributed by atoms with Gasteiger partial charge in [-0.05, 0) is 43.9 Å². The molecule has 0 radical (unpaired) electrons. The van der Waals surface area contributed by atoms with Gasteiger partial charge in [0.15, 0.2) is 0 Å². The quantitative estimate of drug-likeness (QED) is 0.814. The lowest BCUT2D eigenvalue weighted by Gasteiger charge is -2.38. The summed E-state index contributed by atoms with van der Waals surface area (Å²) in [4.78, 5) is 1.94. The Morgan fingerprint density at radius 2 is 2.00 bits per heavy atom. The second-order valence-electron chi connectivity index (χ2n) is 6.45. The molecule has 1 aromatic carbocycles. The Morgan fingerprint density at radius 1 is 1.29 bits per heavy atom. The monoisotopic (exact) mass is 362 g/mol. The fraction of sp³-hybridized carbons (Fsp3) is 0.600. The van der Waals surface area contributed by atoms with Gasteiger partial charge in [0, 0.05) is 29.6 Å². The zero-order valence-electron chi connectivity index (χ0n) is 12.0. The van der Waals surface area contributed by atoms with E-state index in [4.69, 9.17) is 0 Å². The van der Waals surface area contributed by atoms with Gasteiger partial charge in [-0.15, -0.1) is 0 Å². The molecule has 1 N–H and O–H groups in total. The number of hydrogen-bond acceptors (Lipinski definition) is 2. The van der Waals surface area contributed by atoms with Crippen LogP contribution >= 0.6 is 15.9 Å². The molecule has 2 heterocycles. The topological polar surface area (TPSA) is 15.3 Å². The van der Waals surface area contributed by atoms with Crippen LogP contribution in [0.2, 0.25) is 0 Å². The second-order valence-corrected chi connectivity index (χ2v) is 7.36. The highest BCUT2D eigenvalue weighted by Gasteiger charge is 2.51. The third-order valence-electron chi connectivity index (χ3n) is 4.92. The number of benzene rings is 1. The SMILES string of the molecule is CC1(C)C2CNCC2CN1c1cc(Br)ccc1C(F)(F)F. The van der Waals surface area contributed by atoms with Crippen LogP contribution in [0.25, 0.3) is 0 Å². The minimum atomic E-state index is -4.33. The average molecular weight is 363 g/mol. The number of rotatable bonds is 1. The van der Waals surface area contributed by atoms with Gasteiger partial charge < -0.3 is 10.2 Å². The van der Waals surface area contributed by atoms with E-state index in [1.54, 1.807) is 6.07 Å². The van der Waals surface area contributed by atoms with Crippen molar-refractivity contribution in [3.8, 4) is 0 Å². The van der Waals surface area contributed by atoms with Crippen LogP contribution < -0.4 is 10.2 Å². The van der Waals surface area contributed by atoms with Crippen LogP contribution in [0.3, 0.4) is 0 Å². The van der Waals surface area contributed by atoms with Gasteiger partial charge in [0.2, 0.25) is 0 Å². The minimum absolute atomic E-state index is 0.283. The van der Waals surface area contributed by atoms with Gasteiger partial charge in [0.1, 0.15) is 0 Å². The number of nitrogens with one attached hydrogen (secondary N) is 1. The molecule has 2 saturated heterocycles. The molecule has 116 valence electrons. The first-order chi connectivity index (χ1) is 9.71. The Morgan fingerprint density at radius 3 is 2.62 bits per heavy atom. The van der Waals surface area contributed by atoms with Crippen LogP contribution in [0.5, 0.6) is 0 Å². The van der Waals surface area contributed by atoms with E-state index in [0.717, 1.165) is 13.1 Å². The molecule has 0 aromatic heterocycles. The highest BCUT2D eigenvalue weighted by molar-refractivity contribution is 9.10. The first kappa shape index (κ1) is 15.2. The molecular formula is C15H18BrF3N2. The van der Waals surface area contributed by atoms with Gasteiger partial charge in [-0.2, -0.15) is 13.2 Å². The lowest BCUT2D eigenvalue weighted by Crippen LogP contribution is -2.45. The summed E-state index contributed by atoms with van der Waals surface area (Å²) in [6.45, 7) is 6.53. The van der Waals surface area contributed by atoms with Crippen molar-refractivity contribution >= 4 is 21.6 Å². The molecule has 0 bridgehead atoms. The molecule has 3 rings (SSSR count).